The predicted molar refractivity (Wildman–Crippen MR) is 61.6 cm³/mol. The van der Waals surface area contributed by atoms with Crippen LogP contribution in [-0.2, 0) is 11.3 Å². The second kappa shape index (κ2) is 4.68. The molecule has 1 aromatic rings. The molecule has 1 fully saturated rings. The van der Waals surface area contributed by atoms with E-state index in [1.807, 2.05) is 4.90 Å². The van der Waals surface area contributed by atoms with Crippen molar-refractivity contribution in [3.8, 4) is 0 Å². The van der Waals surface area contributed by atoms with Crippen molar-refractivity contribution >= 4 is 5.91 Å². The van der Waals surface area contributed by atoms with E-state index < -0.39 is 0 Å². The highest BCUT2D eigenvalue weighted by Gasteiger charge is 2.30. The van der Waals surface area contributed by atoms with Crippen LogP contribution in [0.4, 0.5) is 0 Å². The summed E-state index contributed by atoms with van der Waals surface area (Å²) in [7, 11) is 0. The van der Waals surface area contributed by atoms with Gasteiger partial charge in [0.1, 0.15) is 0 Å². The number of rotatable bonds is 4. The highest BCUT2D eigenvalue weighted by molar-refractivity contribution is 5.79. The maximum Gasteiger partial charge on any atom is 0.226 e. The van der Waals surface area contributed by atoms with E-state index in [-0.39, 0.29) is 12.0 Å². The van der Waals surface area contributed by atoms with Crippen LogP contribution in [-0.4, -0.2) is 26.8 Å². The van der Waals surface area contributed by atoms with Crippen molar-refractivity contribution < 1.29 is 4.79 Å². The summed E-state index contributed by atoms with van der Waals surface area (Å²) in [4.78, 5) is 21.2. The van der Waals surface area contributed by atoms with Gasteiger partial charge in [-0.05, 0) is 26.7 Å². The molecule has 1 aliphatic carbocycles. The number of carbonyl (C=O) groups is 1. The summed E-state index contributed by atoms with van der Waals surface area (Å²) in [5, 5.41) is 0. The van der Waals surface area contributed by atoms with Crippen LogP contribution in [0.2, 0.25) is 0 Å². The lowest BCUT2D eigenvalue weighted by molar-refractivity contribution is -0.140. The lowest BCUT2D eigenvalue weighted by Gasteiger charge is -2.33. The van der Waals surface area contributed by atoms with E-state index in [0.29, 0.717) is 12.5 Å². The number of hydrogen-bond acceptors (Lipinski definition) is 2. The van der Waals surface area contributed by atoms with Crippen molar-refractivity contribution in [3.05, 3.63) is 18.2 Å². The molecule has 4 nitrogen and oxygen atoms in total. The summed E-state index contributed by atoms with van der Waals surface area (Å²) >= 11 is 0. The topological polar surface area (TPSA) is 49.0 Å². The predicted octanol–water partition coefficient (Wildman–Crippen LogP) is 1.95. The van der Waals surface area contributed by atoms with Gasteiger partial charge in [-0.25, -0.2) is 4.98 Å². The minimum Gasteiger partial charge on any atom is -0.347 e. The van der Waals surface area contributed by atoms with E-state index >= 15 is 0 Å². The molecular weight excluding hydrogens is 202 g/mol. The van der Waals surface area contributed by atoms with Crippen molar-refractivity contribution in [2.45, 2.75) is 45.7 Å². The van der Waals surface area contributed by atoms with Gasteiger partial charge in [0.25, 0.3) is 0 Å². The molecule has 0 bridgehead atoms. The van der Waals surface area contributed by atoms with Crippen LogP contribution in [0.25, 0.3) is 0 Å². The summed E-state index contributed by atoms with van der Waals surface area (Å²) in [6.07, 6.45) is 6.76. The van der Waals surface area contributed by atoms with Gasteiger partial charge in [-0.3, -0.25) is 4.79 Å². The molecule has 0 aromatic carbocycles. The summed E-state index contributed by atoms with van der Waals surface area (Å²) in [6.45, 7) is 4.77. The quantitative estimate of drug-likeness (QED) is 0.844. The third-order valence-corrected chi connectivity index (χ3v) is 3.26. The molecule has 1 amide bonds. The molecule has 1 heterocycles. The standard InChI is InChI=1S/C12H19N3O/c1-9(2)15(7-11-6-13-8-14-11)12(16)10-4-3-5-10/h6,8-10H,3-5,7H2,1-2H3,(H,13,14). The molecule has 0 radical (unpaired) electrons. The Kier molecular flexibility index (Phi) is 3.27. The lowest BCUT2D eigenvalue weighted by Crippen LogP contribution is -2.42. The van der Waals surface area contributed by atoms with Crippen LogP contribution in [0.5, 0.6) is 0 Å². The van der Waals surface area contributed by atoms with E-state index in [9.17, 15) is 4.79 Å². The van der Waals surface area contributed by atoms with Gasteiger partial charge in [0, 0.05) is 18.2 Å². The van der Waals surface area contributed by atoms with Crippen molar-refractivity contribution in [1.29, 1.82) is 0 Å². The number of nitrogens with one attached hydrogen (secondary N) is 1. The highest BCUT2D eigenvalue weighted by atomic mass is 16.2. The van der Waals surface area contributed by atoms with E-state index in [1.165, 1.54) is 6.42 Å². The van der Waals surface area contributed by atoms with E-state index in [4.69, 9.17) is 0 Å². The van der Waals surface area contributed by atoms with Gasteiger partial charge in [-0.15, -0.1) is 0 Å². The normalized spacial score (nSPS) is 16.2. The average Bonchev–Trinajstić information content (AvgIpc) is 2.62. The zero-order valence-electron chi connectivity index (χ0n) is 9.94. The number of hydrogen-bond donors (Lipinski definition) is 1. The molecule has 1 aliphatic rings. The largest absolute Gasteiger partial charge is 0.347 e. The molecule has 88 valence electrons. The average molecular weight is 221 g/mol. The Morgan fingerprint density at radius 3 is 2.81 bits per heavy atom. The molecule has 1 aromatic heterocycles. The summed E-state index contributed by atoms with van der Waals surface area (Å²) in [6, 6.07) is 0.247. The molecule has 1 saturated carbocycles. The number of nitrogens with zero attached hydrogens (tertiary/aromatic N) is 2. The van der Waals surface area contributed by atoms with E-state index in [1.54, 1.807) is 12.5 Å². The van der Waals surface area contributed by atoms with Gasteiger partial charge in [-0.1, -0.05) is 6.42 Å². The smallest absolute Gasteiger partial charge is 0.226 e. The van der Waals surface area contributed by atoms with Crippen molar-refractivity contribution in [3.63, 3.8) is 0 Å². The minimum absolute atomic E-state index is 0.247. The third kappa shape index (κ3) is 2.26. The van der Waals surface area contributed by atoms with Gasteiger partial charge >= 0.3 is 0 Å². The molecule has 2 rings (SSSR count). The summed E-state index contributed by atoms with van der Waals surface area (Å²) in [5.41, 5.74) is 1.00. The SMILES string of the molecule is CC(C)N(Cc1cnc[nH]1)C(=O)C1CCC1. The molecule has 0 unspecified atom stereocenters. The van der Waals surface area contributed by atoms with Crippen LogP contribution in [0.15, 0.2) is 12.5 Å². The summed E-state index contributed by atoms with van der Waals surface area (Å²) in [5.74, 6) is 0.571. The Morgan fingerprint density at radius 1 is 1.62 bits per heavy atom. The Balaban J connectivity index is 2.01. The van der Waals surface area contributed by atoms with Crippen molar-refractivity contribution in [2.24, 2.45) is 5.92 Å². The minimum atomic E-state index is 0.247. The number of carbonyl (C=O) groups excluding carboxylic acids is 1. The number of amides is 1. The fraction of sp³-hybridized carbons (Fsp3) is 0.667. The number of aromatic nitrogens is 2. The molecule has 4 heteroatoms. The first kappa shape index (κ1) is 11.2. The fourth-order valence-electron chi connectivity index (χ4n) is 1.96. The van der Waals surface area contributed by atoms with Gasteiger partial charge in [0.05, 0.1) is 18.6 Å². The Labute approximate surface area is 96.1 Å². The van der Waals surface area contributed by atoms with Crippen molar-refractivity contribution in [1.82, 2.24) is 14.9 Å². The first-order chi connectivity index (χ1) is 7.68. The van der Waals surface area contributed by atoms with Crippen LogP contribution in [0.1, 0.15) is 38.8 Å². The number of aromatic amines is 1. The van der Waals surface area contributed by atoms with Crippen LogP contribution in [0, 0.1) is 5.92 Å². The summed E-state index contributed by atoms with van der Waals surface area (Å²) < 4.78 is 0. The maximum atomic E-state index is 12.2. The van der Waals surface area contributed by atoms with Gasteiger partial charge in [-0.2, -0.15) is 0 Å². The number of imidazole rings is 1. The Hall–Kier alpha value is -1.32. The molecule has 0 spiro atoms. The lowest BCUT2D eigenvalue weighted by atomic mass is 9.84. The fourth-order valence-corrected chi connectivity index (χ4v) is 1.96. The zero-order valence-corrected chi connectivity index (χ0v) is 9.94. The van der Waals surface area contributed by atoms with Gasteiger partial charge < -0.3 is 9.88 Å². The molecule has 1 N–H and O–H groups in total. The molecule has 0 saturated heterocycles. The zero-order chi connectivity index (χ0) is 11.5. The molecular formula is C12H19N3O. The highest BCUT2D eigenvalue weighted by Crippen LogP contribution is 2.29. The van der Waals surface area contributed by atoms with E-state index in [0.717, 1.165) is 18.5 Å². The second-order valence-electron chi connectivity index (χ2n) is 4.76. The van der Waals surface area contributed by atoms with E-state index in [2.05, 4.69) is 23.8 Å². The Bertz CT molecular complexity index is 341. The molecule has 0 atom stereocenters. The number of H-pyrrole nitrogens is 1. The van der Waals surface area contributed by atoms with Crippen LogP contribution in [0.3, 0.4) is 0 Å². The van der Waals surface area contributed by atoms with Crippen molar-refractivity contribution in [2.75, 3.05) is 0 Å². The first-order valence-corrected chi connectivity index (χ1v) is 5.96. The van der Waals surface area contributed by atoms with Gasteiger partial charge in [0.15, 0.2) is 0 Å². The monoisotopic (exact) mass is 221 g/mol. The molecule has 0 aliphatic heterocycles. The second-order valence-corrected chi connectivity index (χ2v) is 4.76. The van der Waals surface area contributed by atoms with Gasteiger partial charge in [0.2, 0.25) is 5.91 Å². The molecule has 16 heavy (non-hydrogen) atoms. The third-order valence-electron chi connectivity index (χ3n) is 3.26. The van der Waals surface area contributed by atoms with Crippen LogP contribution >= 0.6 is 0 Å². The Morgan fingerprint density at radius 2 is 2.38 bits per heavy atom. The van der Waals surface area contributed by atoms with Crippen LogP contribution < -0.4 is 0 Å². The first-order valence-electron chi connectivity index (χ1n) is 5.96. The maximum absolute atomic E-state index is 12.2.